The fraction of sp³-hybridized carbons (Fsp3) is 0. The minimum atomic E-state index is -2.03. The van der Waals surface area contributed by atoms with E-state index in [2.05, 4.69) is 16.0 Å². The predicted octanol–water partition coefficient (Wildman–Crippen LogP) is 4.74. The smallest absolute Gasteiger partial charge is 0.336 e. The molecule has 0 fully saturated rings. The number of carbonyl (C=O) groups is 2. The molecule has 2 aromatic carbocycles. The largest absolute Gasteiger partial charge is 2.00 e. The quantitative estimate of drug-likeness (QED) is 0.142. The van der Waals surface area contributed by atoms with E-state index in [4.69, 9.17) is 0 Å². The third kappa shape index (κ3) is 3.80. The Morgan fingerprint density at radius 1 is 0.606 bits per heavy atom. The van der Waals surface area contributed by atoms with Gasteiger partial charge in [0.15, 0.2) is 0 Å². The first-order chi connectivity index (χ1) is 15.3. The van der Waals surface area contributed by atoms with Crippen molar-refractivity contribution in [2.24, 2.45) is 0 Å². The molecule has 0 atom stereocenters. The van der Waals surface area contributed by atoms with Crippen LogP contribution in [0.25, 0.3) is 22.6 Å². The Hall–Kier alpha value is -3.51. The molecule has 2 aromatic heterocycles. The van der Waals surface area contributed by atoms with Gasteiger partial charge in [0.1, 0.15) is 17.4 Å². The van der Waals surface area contributed by atoms with Crippen molar-refractivity contribution in [1.82, 2.24) is 9.97 Å². The Bertz CT molecular complexity index is 1470. The number of aromatic nitrogens is 2. The van der Waals surface area contributed by atoms with Gasteiger partial charge in [0.25, 0.3) is 0 Å². The fourth-order valence-electron chi connectivity index (χ4n) is 3.35. The van der Waals surface area contributed by atoms with Crippen LogP contribution in [0.3, 0.4) is 0 Å². The summed E-state index contributed by atoms with van der Waals surface area (Å²) in [5.74, 6) is -8.90. The number of nitrogens with zero attached hydrogens (tertiary/aromatic N) is 2. The number of ketones is 2. The second-order valence-corrected chi connectivity index (χ2v) is 6.92. The van der Waals surface area contributed by atoms with Crippen LogP contribution >= 0.6 is 0 Å². The summed E-state index contributed by atoms with van der Waals surface area (Å²) < 4.78 is 57.5. The number of pyridine rings is 2. The molecule has 0 amide bonds. The van der Waals surface area contributed by atoms with Crippen molar-refractivity contribution < 1.29 is 48.2 Å². The van der Waals surface area contributed by atoms with Crippen molar-refractivity contribution >= 4 is 11.6 Å². The van der Waals surface area contributed by atoms with Gasteiger partial charge in [0.05, 0.1) is 34.5 Å². The van der Waals surface area contributed by atoms with Gasteiger partial charge in [-0.3, -0.25) is 18.7 Å². The molecule has 0 saturated carbocycles. The Morgan fingerprint density at radius 2 is 1.12 bits per heavy atom. The summed E-state index contributed by atoms with van der Waals surface area (Å²) in [5.41, 5.74) is -2.00. The zero-order chi connectivity index (χ0) is 22.6. The molecular formula is C24H8F4N2O2Pt. The number of rotatable bonds is 0. The average Bonchev–Trinajstić information content (AvgIpc) is 2.81. The molecule has 8 bridgehead atoms. The number of carbonyl (C=O) groups excluding carboxylic acids is 2. The SMILES string of the molecule is O=C1c2[c-]c(cc(F)c2)-c2cccc(n2)-c2cccc(n2)C(=O)c2[c-]c1c(F)c(F)c2F.[Pt+2]. The summed E-state index contributed by atoms with van der Waals surface area (Å²) >= 11 is 0. The molecule has 5 rings (SSSR count). The van der Waals surface area contributed by atoms with E-state index in [0.29, 0.717) is 5.69 Å². The molecular weight excluding hydrogens is 619 g/mol. The van der Waals surface area contributed by atoms with Crippen LogP contribution in [0.15, 0.2) is 48.5 Å². The second-order valence-electron chi connectivity index (χ2n) is 6.92. The van der Waals surface area contributed by atoms with Gasteiger partial charge in [-0.05, 0) is 29.3 Å². The van der Waals surface area contributed by atoms with Crippen LogP contribution in [0.4, 0.5) is 17.6 Å². The van der Waals surface area contributed by atoms with Gasteiger partial charge >= 0.3 is 21.1 Å². The number of fused-ring (bicyclic) bond motifs is 10. The van der Waals surface area contributed by atoms with Crippen LogP contribution < -0.4 is 0 Å². The van der Waals surface area contributed by atoms with Crippen molar-refractivity contribution in [1.29, 1.82) is 0 Å². The van der Waals surface area contributed by atoms with Gasteiger partial charge in [-0.1, -0.05) is 41.5 Å². The Balaban J connectivity index is 0.00000259. The molecule has 33 heavy (non-hydrogen) atoms. The normalized spacial score (nSPS) is 12.1. The first-order valence-corrected chi connectivity index (χ1v) is 9.20. The minimum absolute atomic E-state index is 0. The van der Waals surface area contributed by atoms with Gasteiger partial charge in [-0.15, -0.1) is 12.1 Å². The van der Waals surface area contributed by atoms with Crippen LogP contribution in [-0.2, 0) is 21.1 Å². The van der Waals surface area contributed by atoms with E-state index < -0.39 is 51.5 Å². The van der Waals surface area contributed by atoms with Crippen molar-refractivity contribution in [2.75, 3.05) is 0 Å². The summed E-state index contributed by atoms with van der Waals surface area (Å²) in [5, 5.41) is 0. The molecule has 164 valence electrons. The van der Waals surface area contributed by atoms with Gasteiger partial charge in [0.2, 0.25) is 0 Å². The van der Waals surface area contributed by atoms with Gasteiger partial charge in [0, 0.05) is 5.69 Å². The first kappa shape index (κ1) is 22.7. The molecule has 1 aliphatic rings. The predicted molar refractivity (Wildman–Crippen MR) is 104 cm³/mol. The van der Waals surface area contributed by atoms with E-state index in [1.165, 1.54) is 24.3 Å². The Labute approximate surface area is 198 Å². The molecule has 0 radical (unpaired) electrons. The van der Waals surface area contributed by atoms with Gasteiger partial charge < -0.3 is 9.59 Å². The van der Waals surface area contributed by atoms with E-state index in [1.54, 1.807) is 12.1 Å². The maximum absolute atomic E-state index is 14.5. The summed E-state index contributed by atoms with van der Waals surface area (Å²) in [6, 6.07) is 15.5. The van der Waals surface area contributed by atoms with Crippen molar-refractivity contribution in [3.8, 4) is 22.6 Å². The van der Waals surface area contributed by atoms with Crippen LogP contribution in [0.5, 0.6) is 0 Å². The maximum atomic E-state index is 14.5. The van der Waals surface area contributed by atoms with Crippen LogP contribution in [0.2, 0.25) is 0 Å². The average molecular weight is 627 g/mol. The third-order valence-electron chi connectivity index (χ3n) is 4.88. The summed E-state index contributed by atoms with van der Waals surface area (Å²) in [6.07, 6.45) is 0. The fourth-order valence-corrected chi connectivity index (χ4v) is 3.35. The topological polar surface area (TPSA) is 59.9 Å². The minimum Gasteiger partial charge on any atom is -0.336 e. The number of benzene rings is 2. The summed E-state index contributed by atoms with van der Waals surface area (Å²) in [4.78, 5) is 34.3. The molecule has 4 nitrogen and oxygen atoms in total. The van der Waals surface area contributed by atoms with Crippen molar-refractivity contribution in [3.63, 3.8) is 0 Å². The van der Waals surface area contributed by atoms with E-state index in [-0.39, 0.29) is 43.7 Å². The zero-order valence-corrected chi connectivity index (χ0v) is 18.4. The van der Waals surface area contributed by atoms with Gasteiger partial charge in [-0.25, -0.2) is 8.78 Å². The molecule has 0 aliphatic carbocycles. The van der Waals surface area contributed by atoms with Crippen LogP contribution in [0.1, 0.15) is 32.0 Å². The molecule has 0 N–H and O–H groups in total. The summed E-state index contributed by atoms with van der Waals surface area (Å²) in [6.45, 7) is 0. The molecule has 4 aromatic rings. The summed E-state index contributed by atoms with van der Waals surface area (Å²) in [7, 11) is 0. The number of hydrogen-bond donors (Lipinski definition) is 0. The van der Waals surface area contributed by atoms with E-state index in [9.17, 15) is 27.2 Å². The molecule has 3 heterocycles. The first-order valence-electron chi connectivity index (χ1n) is 9.20. The van der Waals surface area contributed by atoms with Crippen LogP contribution in [0, 0.1) is 35.4 Å². The maximum Gasteiger partial charge on any atom is 2.00 e. The Morgan fingerprint density at radius 3 is 1.79 bits per heavy atom. The van der Waals surface area contributed by atoms with E-state index in [0.717, 1.165) is 12.1 Å². The van der Waals surface area contributed by atoms with Crippen LogP contribution in [-0.4, -0.2) is 21.5 Å². The van der Waals surface area contributed by atoms with Gasteiger partial charge in [-0.2, -0.15) is 0 Å². The van der Waals surface area contributed by atoms with E-state index >= 15 is 0 Å². The molecule has 0 saturated heterocycles. The molecule has 0 unspecified atom stereocenters. The van der Waals surface area contributed by atoms with E-state index in [1.807, 2.05) is 6.07 Å². The van der Waals surface area contributed by atoms with Crippen molar-refractivity contribution in [2.45, 2.75) is 0 Å². The molecule has 1 aliphatic heterocycles. The monoisotopic (exact) mass is 627 g/mol. The number of halogens is 4. The third-order valence-corrected chi connectivity index (χ3v) is 4.88. The standard InChI is InChI=1S/C24H8F4N2O2.Pt/c25-13-8-11-7-12(9-13)23(31)14-10-15(21(27)22(28)20(14)26)24(32)19-6-2-5-18(30-19)17-4-1-3-16(11)29-17;/h1-6,8-9H;/q-2;+2. The number of hydrogen-bond acceptors (Lipinski definition) is 4. The molecule has 0 spiro atoms. The second kappa shape index (κ2) is 8.44. The van der Waals surface area contributed by atoms with Crippen molar-refractivity contribution in [3.05, 3.63) is 106 Å². The zero-order valence-electron chi connectivity index (χ0n) is 16.2. The Kier molecular flexibility index (Phi) is 5.80. The molecule has 9 heteroatoms.